The number of rotatable bonds is 1. The topological polar surface area (TPSA) is 54.4 Å². The first kappa shape index (κ1) is 11.3. The van der Waals surface area contributed by atoms with E-state index in [-0.39, 0.29) is 22.4 Å². The van der Waals surface area contributed by atoms with Gasteiger partial charge >= 0.3 is 15.9 Å². The number of halogens is 2. The number of hydrogen-bond donors (Lipinski definition) is 1. The molecule has 1 N–H and O–H groups in total. The van der Waals surface area contributed by atoms with Gasteiger partial charge in [0.05, 0.1) is 0 Å². The van der Waals surface area contributed by atoms with Crippen LogP contribution in [0.25, 0.3) is 0 Å². The molecule has 0 saturated heterocycles. The minimum absolute atomic E-state index is 0. The molecule has 0 spiro atoms. The van der Waals surface area contributed by atoms with Crippen molar-refractivity contribution in [1.29, 1.82) is 0 Å². The van der Waals surface area contributed by atoms with Crippen molar-refractivity contribution in [2.45, 2.75) is 5.76 Å². The Kier molecular flexibility index (Phi) is 4.98. The Bertz CT molecular complexity index is 139. The van der Waals surface area contributed by atoms with Gasteiger partial charge in [0.2, 0.25) is 0 Å². The Morgan fingerprint density at radius 2 is 1.50 bits per heavy atom. The summed E-state index contributed by atoms with van der Waals surface area (Å²) in [4.78, 5) is 0. The van der Waals surface area contributed by atoms with E-state index in [9.17, 15) is 8.78 Å². The third-order valence-electron chi connectivity index (χ3n) is 0.225. The minimum Gasteiger partial charge on any atom is -0.281 e. The van der Waals surface area contributed by atoms with Crippen molar-refractivity contribution in [2.24, 2.45) is 0 Å². The molecule has 0 aliphatic rings. The van der Waals surface area contributed by atoms with E-state index in [1.807, 2.05) is 0 Å². The van der Waals surface area contributed by atoms with Gasteiger partial charge in [0, 0.05) is 22.4 Å². The van der Waals surface area contributed by atoms with Crippen molar-refractivity contribution in [3.8, 4) is 0 Å². The number of hydrogen-bond acceptors (Lipinski definition) is 2. The van der Waals surface area contributed by atoms with E-state index in [0.717, 1.165) is 0 Å². The van der Waals surface area contributed by atoms with E-state index in [1.165, 1.54) is 0 Å². The van der Waals surface area contributed by atoms with Gasteiger partial charge in [0.1, 0.15) is 0 Å². The Morgan fingerprint density at radius 3 is 1.50 bits per heavy atom. The van der Waals surface area contributed by atoms with Gasteiger partial charge in [0.15, 0.2) is 0 Å². The van der Waals surface area contributed by atoms with E-state index in [2.05, 4.69) is 0 Å². The number of alkyl halides is 2. The van der Waals surface area contributed by atoms with Crippen LogP contribution in [0.1, 0.15) is 0 Å². The molecule has 0 aromatic rings. The van der Waals surface area contributed by atoms with Crippen LogP contribution in [0.3, 0.4) is 0 Å². The maximum atomic E-state index is 10.7. The van der Waals surface area contributed by atoms with Crippen LogP contribution in [0.5, 0.6) is 0 Å². The molecular formula is CH2AuF2O3S. The summed E-state index contributed by atoms with van der Waals surface area (Å²) in [6, 6.07) is 0. The molecule has 55 valence electrons. The van der Waals surface area contributed by atoms with Crippen LogP contribution in [-0.2, 0) is 32.5 Å². The van der Waals surface area contributed by atoms with Crippen molar-refractivity contribution >= 4 is 10.1 Å². The van der Waals surface area contributed by atoms with Gasteiger partial charge in [-0.05, 0) is 0 Å². The zero-order valence-electron chi connectivity index (χ0n) is 3.31. The van der Waals surface area contributed by atoms with E-state index in [4.69, 9.17) is 13.0 Å². The Morgan fingerprint density at radius 1 is 1.38 bits per heavy atom. The first-order chi connectivity index (χ1) is 2.94. The van der Waals surface area contributed by atoms with E-state index in [0.29, 0.717) is 0 Å². The second-order valence-corrected chi connectivity index (χ2v) is 2.16. The van der Waals surface area contributed by atoms with Gasteiger partial charge < -0.3 is 0 Å². The van der Waals surface area contributed by atoms with Gasteiger partial charge in [-0.25, -0.2) is 0 Å². The maximum absolute atomic E-state index is 10.7. The SMILES string of the molecule is O=S(=O)(O)C(F)F.[Au]. The molecule has 1 radical (unpaired) electrons. The molecule has 0 aliphatic carbocycles. The van der Waals surface area contributed by atoms with Crippen LogP contribution < -0.4 is 0 Å². The zero-order chi connectivity index (χ0) is 6.08. The van der Waals surface area contributed by atoms with Gasteiger partial charge in [-0.15, -0.1) is 0 Å². The van der Waals surface area contributed by atoms with Crippen LogP contribution in [0.4, 0.5) is 8.78 Å². The molecule has 0 bridgehead atoms. The summed E-state index contributed by atoms with van der Waals surface area (Å²) >= 11 is 0. The third-order valence-corrected chi connectivity index (χ3v) is 0.675. The van der Waals surface area contributed by atoms with Crippen LogP contribution >= 0.6 is 0 Å². The Hall–Kier alpha value is 0.510. The van der Waals surface area contributed by atoms with Crippen molar-refractivity contribution in [3.05, 3.63) is 0 Å². The summed E-state index contributed by atoms with van der Waals surface area (Å²) in [7, 11) is -5.07. The molecule has 3 nitrogen and oxygen atoms in total. The molecule has 0 amide bonds. The molecule has 0 rings (SSSR count). The fourth-order valence-electron chi connectivity index (χ4n) is 0. The van der Waals surface area contributed by atoms with Crippen LogP contribution in [0.15, 0.2) is 0 Å². The summed E-state index contributed by atoms with van der Waals surface area (Å²) in [6.07, 6.45) is 0. The van der Waals surface area contributed by atoms with Crippen LogP contribution in [-0.4, -0.2) is 18.7 Å². The quantitative estimate of drug-likeness (QED) is 0.548. The first-order valence-corrected chi connectivity index (χ1v) is 2.69. The monoisotopic (exact) mass is 329 g/mol. The fourth-order valence-corrected chi connectivity index (χ4v) is 0. The molecule has 7 heteroatoms. The molecule has 0 aliphatic heterocycles. The van der Waals surface area contributed by atoms with Crippen molar-refractivity contribution in [3.63, 3.8) is 0 Å². The predicted octanol–water partition coefficient (Wildman–Crippen LogP) is 0.0943. The van der Waals surface area contributed by atoms with Gasteiger partial charge in [-0.1, -0.05) is 0 Å². The zero-order valence-corrected chi connectivity index (χ0v) is 6.29. The molecule has 0 fully saturated rings. The largest absolute Gasteiger partial charge is 0.361 e. The minimum atomic E-state index is -5.07. The van der Waals surface area contributed by atoms with E-state index >= 15 is 0 Å². The van der Waals surface area contributed by atoms with Gasteiger partial charge in [0.25, 0.3) is 0 Å². The molecule has 0 heterocycles. The molecule has 8 heavy (non-hydrogen) atoms. The van der Waals surface area contributed by atoms with E-state index in [1.54, 1.807) is 0 Å². The summed E-state index contributed by atoms with van der Waals surface area (Å²) in [5, 5.41) is 0. The van der Waals surface area contributed by atoms with Crippen LogP contribution in [0, 0.1) is 0 Å². The first-order valence-electron chi connectivity index (χ1n) is 1.19. The molecule has 0 aromatic heterocycles. The standard InChI is InChI=1S/CH2F2O3S.Au/c2-1(3)7(4,5)6;/h1H,(H,4,5,6);. The molecule has 0 aromatic carbocycles. The Labute approximate surface area is 60.3 Å². The molecule has 0 unspecified atom stereocenters. The second-order valence-electron chi connectivity index (χ2n) is 0.776. The normalized spacial score (nSPS) is 11.0. The molecule has 0 atom stereocenters. The van der Waals surface area contributed by atoms with E-state index < -0.39 is 15.9 Å². The van der Waals surface area contributed by atoms with Crippen molar-refractivity contribution in [1.82, 2.24) is 0 Å². The Balaban J connectivity index is 0. The summed E-state index contributed by atoms with van der Waals surface area (Å²) in [5.74, 6) is -3.67. The van der Waals surface area contributed by atoms with Crippen molar-refractivity contribution < 1.29 is 44.1 Å². The maximum Gasteiger partial charge on any atom is 0.361 e. The van der Waals surface area contributed by atoms with Gasteiger partial charge in [-0.2, -0.15) is 17.2 Å². The fraction of sp³-hybridized carbons (Fsp3) is 1.00. The third kappa shape index (κ3) is 4.66. The molecule has 0 saturated carbocycles. The average molecular weight is 329 g/mol. The second kappa shape index (κ2) is 3.52. The predicted molar refractivity (Wildman–Crippen MR) is 17.6 cm³/mol. The summed E-state index contributed by atoms with van der Waals surface area (Å²) < 4.78 is 47.0. The average Bonchev–Trinajstić information content (AvgIpc) is 1.31. The van der Waals surface area contributed by atoms with Gasteiger partial charge in [-0.3, -0.25) is 4.55 Å². The van der Waals surface area contributed by atoms with Crippen LogP contribution in [0.2, 0.25) is 0 Å². The summed E-state index contributed by atoms with van der Waals surface area (Å²) in [5.41, 5.74) is 0. The molecular weight excluding hydrogens is 327 g/mol. The summed E-state index contributed by atoms with van der Waals surface area (Å²) in [6.45, 7) is 0. The smallest absolute Gasteiger partial charge is 0.281 e. The van der Waals surface area contributed by atoms with Crippen molar-refractivity contribution in [2.75, 3.05) is 0 Å².